The number of thiophene rings is 1. The molecular weight excluding hydrogens is 428 g/mol. The fourth-order valence-corrected chi connectivity index (χ4v) is 5.29. The van der Waals surface area contributed by atoms with Crippen molar-refractivity contribution in [1.29, 1.82) is 0 Å². The lowest BCUT2D eigenvalue weighted by Crippen LogP contribution is -2.33. The monoisotopic (exact) mass is 448 g/mol. The number of nitrogens with zero attached hydrogens (tertiary/aromatic N) is 1. The fraction of sp³-hybridized carbons (Fsp3) is 0.300. The zero-order valence-corrected chi connectivity index (χ0v) is 18.4. The van der Waals surface area contributed by atoms with Crippen LogP contribution in [0.5, 0.6) is 0 Å². The number of rotatable bonds is 7. The van der Waals surface area contributed by atoms with Crippen LogP contribution < -0.4 is 5.32 Å². The number of benzene rings is 1. The molecule has 2 amide bonds. The zero-order chi connectivity index (χ0) is 21.0. The number of amides is 2. The van der Waals surface area contributed by atoms with E-state index >= 15 is 0 Å². The summed E-state index contributed by atoms with van der Waals surface area (Å²) in [5.74, 6) is -0.858. The number of carbonyl (C=O) groups excluding carboxylic acids is 3. The number of anilines is 1. The van der Waals surface area contributed by atoms with Crippen LogP contribution in [0.1, 0.15) is 30.6 Å². The van der Waals surface area contributed by atoms with Crippen LogP contribution >= 0.6 is 35.3 Å². The van der Waals surface area contributed by atoms with Gasteiger partial charge in [0, 0.05) is 23.9 Å². The van der Waals surface area contributed by atoms with Gasteiger partial charge >= 0.3 is 5.97 Å². The topological polar surface area (TPSA) is 75.7 Å². The number of carbonyl (C=O) groups is 3. The Hall–Kier alpha value is -2.23. The molecule has 2 heterocycles. The molecule has 1 fully saturated rings. The molecule has 2 aromatic rings. The Kier molecular flexibility index (Phi) is 7.05. The number of thiocarbonyl (C=S) groups is 1. The van der Waals surface area contributed by atoms with Crippen LogP contribution in [0, 0.1) is 0 Å². The van der Waals surface area contributed by atoms with Crippen LogP contribution in [0.3, 0.4) is 0 Å². The van der Waals surface area contributed by atoms with Crippen molar-refractivity contribution in [3.05, 3.63) is 41.3 Å². The lowest BCUT2D eigenvalue weighted by molar-refractivity contribution is -0.126. The average molecular weight is 449 g/mol. The highest BCUT2D eigenvalue weighted by molar-refractivity contribution is 8.24. The van der Waals surface area contributed by atoms with Crippen LogP contribution in [-0.4, -0.2) is 45.4 Å². The number of esters is 1. The first-order valence-corrected chi connectivity index (χ1v) is 11.2. The molecule has 1 atom stereocenters. The lowest BCUT2D eigenvalue weighted by Gasteiger charge is -2.15. The van der Waals surface area contributed by atoms with Crippen molar-refractivity contribution >= 4 is 62.4 Å². The number of ether oxygens (including phenoxy) is 1. The van der Waals surface area contributed by atoms with E-state index in [0.717, 1.165) is 5.56 Å². The van der Waals surface area contributed by atoms with Gasteiger partial charge in [0.1, 0.15) is 14.9 Å². The summed E-state index contributed by atoms with van der Waals surface area (Å²) in [7, 11) is 0. The van der Waals surface area contributed by atoms with Crippen molar-refractivity contribution in [2.75, 3.05) is 18.5 Å². The van der Waals surface area contributed by atoms with Crippen LogP contribution in [0.15, 0.2) is 35.7 Å². The molecule has 9 heteroatoms. The van der Waals surface area contributed by atoms with Crippen LogP contribution in [0.25, 0.3) is 11.1 Å². The molecule has 0 radical (unpaired) electrons. The first-order valence-electron chi connectivity index (χ1n) is 9.08. The molecule has 0 spiro atoms. The van der Waals surface area contributed by atoms with E-state index in [0.29, 0.717) is 20.4 Å². The first kappa shape index (κ1) is 21.5. The van der Waals surface area contributed by atoms with Gasteiger partial charge in [-0.1, -0.05) is 54.3 Å². The van der Waals surface area contributed by atoms with Gasteiger partial charge in [-0.3, -0.25) is 14.5 Å². The Morgan fingerprint density at radius 3 is 2.62 bits per heavy atom. The zero-order valence-electron chi connectivity index (χ0n) is 16.0. The molecule has 3 rings (SSSR count). The normalized spacial score (nSPS) is 16.2. The summed E-state index contributed by atoms with van der Waals surface area (Å²) in [6, 6.07) is 9.46. The van der Waals surface area contributed by atoms with E-state index in [1.54, 1.807) is 13.8 Å². The highest BCUT2D eigenvalue weighted by atomic mass is 32.2. The van der Waals surface area contributed by atoms with E-state index in [1.165, 1.54) is 28.0 Å². The molecular formula is C20H20N2O4S3. The van der Waals surface area contributed by atoms with Crippen molar-refractivity contribution in [2.45, 2.75) is 25.5 Å². The Labute approximate surface area is 182 Å². The van der Waals surface area contributed by atoms with Crippen molar-refractivity contribution in [1.82, 2.24) is 4.90 Å². The van der Waals surface area contributed by atoms with Gasteiger partial charge in [0.2, 0.25) is 11.8 Å². The smallest absolute Gasteiger partial charge is 0.341 e. The molecule has 1 aromatic heterocycles. The number of hydrogen-bond donors (Lipinski definition) is 1. The largest absolute Gasteiger partial charge is 0.462 e. The molecule has 0 bridgehead atoms. The molecule has 6 nitrogen and oxygen atoms in total. The maximum atomic E-state index is 12.6. The fourth-order valence-electron chi connectivity index (χ4n) is 2.86. The van der Waals surface area contributed by atoms with Gasteiger partial charge in [0.15, 0.2) is 0 Å². The van der Waals surface area contributed by atoms with Crippen LogP contribution in [0.4, 0.5) is 5.00 Å². The van der Waals surface area contributed by atoms with Crippen molar-refractivity contribution < 1.29 is 19.1 Å². The third-order valence-electron chi connectivity index (χ3n) is 4.28. The van der Waals surface area contributed by atoms with E-state index in [9.17, 15) is 14.4 Å². The maximum Gasteiger partial charge on any atom is 0.341 e. The average Bonchev–Trinajstić information content (AvgIpc) is 3.22. The minimum Gasteiger partial charge on any atom is -0.462 e. The van der Waals surface area contributed by atoms with Crippen molar-refractivity contribution in [3.63, 3.8) is 0 Å². The van der Waals surface area contributed by atoms with Crippen LogP contribution in [-0.2, 0) is 14.3 Å². The van der Waals surface area contributed by atoms with E-state index in [2.05, 4.69) is 5.32 Å². The predicted octanol–water partition coefficient (Wildman–Crippen LogP) is 4.17. The molecule has 29 heavy (non-hydrogen) atoms. The highest BCUT2D eigenvalue weighted by Crippen LogP contribution is 2.36. The maximum absolute atomic E-state index is 12.6. The molecule has 1 N–H and O–H groups in total. The molecule has 0 aliphatic carbocycles. The summed E-state index contributed by atoms with van der Waals surface area (Å²) >= 11 is 7.79. The van der Waals surface area contributed by atoms with E-state index in [-0.39, 0.29) is 36.6 Å². The summed E-state index contributed by atoms with van der Waals surface area (Å²) in [5.41, 5.74) is 1.92. The predicted molar refractivity (Wildman–Crippen MR) is 120 cm³/mol. The Bertz CT molecular complexity index is 942. The van der Waals surface area contributed by atoms with Crippen LogP contribution in [0.2, 0.25) is 0 Å². The quantitative estimate of drug-likeness (QED) is 0.506. The van der Waals surface area contributed by atoms with Crippen molar-refractivity contribution in [3.8, 4) is 11.1 Å². The minimum absolute atomic E-state index is 0.0810. The molecule has 1 aromatic carbocycles. The van der Waals surface area contributed by atoms with Gasteiger partial charge in [-0.25, -0.2) is 4.79 Å². The third kappa shape index (κ3) is 4.85. The highest BCUT2D eigenvalue weighted by Gasteiger charge is 2.33. The van der Waals surface area contributed by atoms with Gasteiger partial charge in [0.25, 0.3) is 0 Å². The number of thioether (sulfide) groups is 1. The van der Waals surface area contributed by atoms with E-state index in [4.69, 9.17) is 17.0 Å². The SMILES string of the molecule is CCOC(=O)c1c(-c2ccccc2)csc1NC(=O)CCN1C(=O)C(C)SC1=S. The molecule has 1 saturated heterocycles. The Morgan fingerprint density at radius 1 is 1.28 bits per heavy atom. The summed E-state index contributed by atoms with van der Waals surface area (Å²) in [5, 5.41) is 4.84. The molecule has 1 aliphatic heterocycles. The summed E-state index contributed by atoms with van der Waals surface area (Å²) in [6.07, 6.45) is 0.0833. The van der Waals surface area contributed by atoms with E-state index < -0.39 is 5.97 Å². The first-order chi connectivity index (χ1) is 13.9. The molecule has 152 valence electrons. The molecule has 0 saturated carbocycles. The number of nitrogens with one attached hydrogen (secondary N) is 1. The number of hydrogen-bond acceptors (Lipinski definition) is 7. The van der Waals surface area contributed by atoms with E-state index in [1.807, 2.05) is 35.7 Å². The Balaban J connectivity index is 1.75. The summed E-state index contributed by atoms with van der Waals surface area (Å²) in [6.45, 7) is 3.98. The standard InChI is InChI=1S/C20H20N2O4S3/c1-3-26-19(25)16-14(13-7-5-4-6-8-13)11-28-17(16)21-15(23)9-10-22-18(24)12(2)29-20(22)27/h4-8,11-12H,3,9-10H2,1-2H3,(H,21,23). The van der Waals surface area contributed by atoms with Gasteiger partial charge in [-0.15, -0.1) is 11.3 Å². The van der Waals surface area contributed by atoms with Gasteiger partial charge in [-0.2, -0.15) is 0 Å². The second-order valence-electron chi connectivity index (χ2n) is 6.25. The van der Waals surface area contributed by atoms with Gasteiger partial charge in [-0.05, 0) is 19.4 Å². The van der Waals surface area contributed by atoms with Gasteiger partial charge < -0.3 is 10.1 Å². The molecule has 1 unspecified atom stereocenters. The van der Waals surface area contributed by atoms with Crippen molar-refractivity contribution in [2.24, 2.45) is 0 Å². The second-order valence-corrected chi connectivity index (χ2v) is 9.11. The summed E-state index contributed by atoms with van der Waals surface area (Å²) in [4.78, 5) is 38.6. The summed E-state index contributed by atoms with van der Waals surface area (Å²) < 4.78 is 5.69. The second kappa shape index (κ2) is 9.51. The minimum atomic E-state index is -0.482. The molecule has 1 aliphatic rings. The lowest BCUT2D eigenvalue weighted by atomic mass is 10.0. The van der Waals surface area contributed by atoms with Gasteiger partial charge in [0.05, 0.1) is 11.9 Å². The third-order valence-corrected chi connectivity index (χ3v) is 6.66. The Morgan fingerprint density at radius 2 is 2.00 bits per heavy atom.